The standard InChI is InChI=1S/C21H20N4O4/c1-14(2)24(13-19-22-17-9-5-4-8-16(17)21(27)23-19)20(26)12-11-15-7-3-6-10-18(15)25(28)29/h3-12,14H,13H2,1-2H3,(H,22,23,27)/b12-11+. The van der Waals surface area contributed by atoms with E-state index in [9.17, 15) is 19.7 Å². The van der Waals surface area contributed by atoms with Gasteiger partial charge in [0.2, 0.25) is 5.91 Å². The molecule has 0 fully saturated rings. The number of hydrogen-bond donors (Lipinski definition) is 1. The van der Waals surface area contributed by atoms with E-state index in [1.54, 1.807) is 42.5 Å². The SMILES string of the molecule is CC(C)N(Cc1nc2ccccc2c(=O)[nH]1)C(=O)/C=C/c1ccccc1[N+](=O)[O-]. The second-order valence-electron chi connectivity index (χ2n) is 6.74. The summed E-state index contributed by atoms with van der Waals surface area (Å²) in [6.07, 6.45) is 2.72. The number of rotatable bonds is 6. The molecule has 1 heterocycles. The highest BCUT2D eigenvalue weighted by Gasteiger charge is 2.18. The highest BCUT2D eigenvalue weighted by Crippen LogP contribution is 2.19. The van der Waals surface area contributed by atoms with E-state index in [0.29, 0.717) is 22.3 Å². The molecule has 148 valence electrons. The van der Waals surface area contributed by atoms with Crippen LogP contribution in [0.3, 0.4) is 0 Å². The molecule has 0 bridgehead atoms. The summed E-state index contributed by atoms with van der Waals surface area (Å²) in [5.41, 5.74) is 0.551. The number of nitrogens with one attached hydrogen (secondary N) is 1. The predicted octanol–water partition coefficient (Wildman–Crippen LogP) is 3.28. The first-order chi connectivity index (χ1) is 13.9. The van der Waals surface area contributed by atoms with Gasteiger partial charge < -0.3 is 9.88 Å². The largest absolute Gasteiger partial charge is 0.329 e. The maximum absolute atomic E-state index is 12.7. The summed E-state index contributed by atoms with van der Waals surface area (Å²) >= 11 is 0. The van der Waals surface area contributed by atoms with Crippen molar-refractivity contribution >= 4 is 28.6 Å². The van der Waals surface area contributed by atoms with Crippen LogP contribution in [0.2, 0.25) is 0 Å². The first kappa shape index (κ1) is 19.9. The molecule has 0 spiro atoms. The van der Waals surface area contributed by atoms with Crippen LogP contribution in [0.25, 0.3) is 17.0 Å². The zero-order valence-electron chi connectivity index (χ0n) is 16.0. The monoisotopic (exact) mass is 392 g/mol. The molecule has 0 aliphatic rings. The maximum atomic E-state index is 12.7. The fraction of sp³-hybridized carbons (Fsp3) is 0.190. The summed E-state index contributed by atoms with van der Waals surface area (Å²) in [6, 6.07) is 13.0. The number of nitro benzene ring substituents is 1. The van der Waals surface area contributed by atoms with Gasteiger partial charge in [-0.2, -0.15) is 0 Å². The molecule has 1 N–H and O–H groups in total. The number of aromatic nitrogens is 2. The van der Waals surface area contributed by atoms with Gasteiger partial charge in [-0.15, -0.1) is 0 Å². The van der Waals surface area contributed by atoms with Gasteiger partial charge >= 0.3 is 0 Å². The molecular formula is C21H20N4O4. The average Bonchev–Trinajstić information content (AvgIpc) is 2.70. The molecule has 0 aliphatic carbocycles. The molecule has 0 radical (unpaired) electrons. The molecule has 0 unspecified atom stereocenters. The van der Waals surface area contributed by atoms with Gasteiger partial charge in [-0.25, -0.2) is 4.98 Å². The van der Waals surface area contributed by atoms with Crippen LogP contribution in [0.1, 0.15) is 25.2 Å². The lowest BCUT2D eigenvalue weighted by molar-refractivity contribution is -0.385. The first-order valence-electron chi connectivity index (χ1n) is 9.07. The Labute approximate surface area is 166 Å². The number of para-hydroxylation sites is 2. The van der Waals surface area contributed by atoms with E-state index in [2.05, 4.69) is 9.97 Å². The molecule has 8 nitrogen and oxygen atoms in total. The molecular weight excluding hydrogens is 372 g/mol. The number of aromatic amines is 1. The summed E-state index contributed by atoms with van der Waals surface area (Å²) in [4.78, 5) is 44.3. The molecule has 0 saturated carbocycles. The third-order valence-corrected chi connectivity index (χ3v) is 4.43. The number of nitro groups is 1. The zero-order valence-corrected chi connectivity index (χ0v) is 16.0. The summed E-state index contributed by atoms with van der Waals surface area (Å²) in [7, 11) is 0. The minimum Gasteiger partial charge on any atom is -0.329 e. The zero-order chi connectivity index (χ0) is 21.0. The van der Waals surface area contributed by atoms with Crippen LogP contribution in [0.4, 0.5) is 5.69 Å². The van der Waals surface area contributed by atoms with Crippen molar-refractivity contribution in [2.75, 3.05) is 0 Å². The highest BCUT2D eigenvalue weighted by molar-refractivity contribution is 5.92. The number of benzene rings is 2. The van der Waals surface area contributed by atoms with Gasteiger partial charge in [-0.1, -0.05) is 24.3 Å². The van der Waals surface area contributed by atoms with Gasteiger partial charge in [0.25, 0.3) is 11.2 Å². The van der Waals surface area contributed by atoms with E-state index in [0.717, 1.165) is 0 Å². The molecule has 1 amide bonds. The number of carbonyl (C=O) groups is 1. The number of hydrogen-bond acceptors (Lipinski definition) is 5. The molecule has 0 aliphatic heterocycles. The summed E-state index contributed by atoms with van der Waals surface area (Å²) in [6.45, 7) is 3.80. The number of nitrogens with zero attached hydrogens (tertiary/aromatic N) is 3. The molecule has 1 aromatic heterocycles. The Kier molecular flexibility index (Phi) is 5.82. The van der Waals surface area contributed by atoms with Crippen molar-refractivity contribution in [3.8, 4) is 0 Å². The van der Waals surface area contributed by atoms with E-state index in [1.165, 1.54) is 23.1 Å². The Balaban J connectivity index is 1.86. The van der Waals surface area contributed by atoms with Gasteiger partial charge in [0.1, 0.15) is 5.82 Å². The normalized spacial score (nSPS) is 11.3. The first-order valence-corrected chi connectivity index (χ1v) is 9.07. The number of amides is 1. The second-order valence-corrected chi connectivity index (χ2v) is 6.74. The van der Waals surface area contributed by atoms with Crippen LogP contribution >= 0.6 is 0 Å². The summed E-state index contributed by atoms with van der Waals surface area (Å²) < 4.78 is 0. The molecule has 0 saturated heterocycles. The lowest BCUT2D eigenvalue weighted by atomic mass is 10.1. The minimum absolute atomic E-state index is 0.0758. The van der Waals surface area contributed by atoms with Crippen molar-refractivity contribution in [1.29, 1.82) is 0 Å². The number of H-pyrrole nitrogens is 1. The van der Waals surface area contributed by atoms with Crippen LogP contribution in [-0.4, -0.2) is 31.7 Å². The molecule has 3 rings (SSSR count). The van der Waals surface area contributed by atoms with Crippen molar-refractivity contribution in [3.63, 3.8) is 0 Å². The Morgan fingerprint density at radius 1 is 1.21 bits per heavy atom. The predicted molar refractivity (Wildman–Crippen MR) is 110 cm³/mol. The van der Waals surface area contributed by atoms with Crippen molar-refractivity contribution in [1.82, 2.24) is 14.9 Å². The van der Waals surface area contributed by atoms with Crippen LogP contribution in [0, 0.1) is 10.1 Å². The maximum Gasteiger partial charge on any atom is 0.276 e. The van der Waals surface area contributed by atoms with E-state index < -0.39 is 4.92 Å². The number of carbonyl (C=O) groups excluding carboxylic acids is 1. The lowest BCUT2D eigenvalue weighted by Gasteiger charge is -2.25. The Morgan fingerprint density at radius 3 is 2.62 bits per heavy atom. The Morgan fingerprint density at radius 2 is 1.90 bits per heavy atom. The van der Waals surface area contributed by atoms with Crippen LogP contribution in [0.5, 0.6) is 0 Å². The van der Waals surface area contributed by atoms with Gasteiger partial charge in [0, 0.05) is 18.2 Å². The minimum atomic E-state index is -0.492. The molecule has 0 atom stereocenters. The fourth-order valence-corrected chi connectivity index (χ4v) is 2.94. The average molecular weight is 392 g/mol. The Hall–Kier alpha value is -3.81. The van der Waals surface area contributed by atoms with Crippen LogP contribution in [0.15, 0.2) is 59.4 Å². The molecule has 8 heteroatoms. The van der Waals surface area contributed by atoms with Gasteiger partial charge in [0.15, 0.2) is 0 Å². The van der Waals surface area contributed by atoms with Crippen molar-refractivity contribution in [3.05, 3.63) is 86.5 Å². The van der Waals surface area contributed by atoms with E-state index >= 15 is 0 Å². The topological polar surface area (TPSA) is 109 Å². The third kappa shape index (κ3) is 4.55. The van der Waals surface area contributed by atoms with Crippen molar-refractivity contribution in [2.24, 2.45) is 0 Å². The van der Waals surface area contributed by atoms with E-state index in [4.69, 9.17) is 0 Å². The highest BCUT2D eigenvalue weighted by atomic mass is 16.6. The molecule has 29 heavy (non-hydrogen) atoms. The van der Waals surface area contributed by atoms with Crippen LogP contribution in [-0.2, 0) is 11.3 Å². The van der Waals surface area contributed by atoms with Crippen LogP contribution < -0.4 is 5.56 Å². The summed E-state index contributed by atoms with van der Waals surface area (Å²) in [5, 5.41) is 11.6. The number of fused-ring (bicyclic) bond motifs is 1. The molecule has 2 aromatic carbocycles. The van der Waals surface area contributed by atoms with E-state index in [-0.39, 0.29) is 29.7 Å². The lowest BCUT2D eigenvalue weighted by Crippen LogP contribution is -2.36. The fourth-order valence-electron chi connectivity index (χ4n) is 2.94. The third-order valence-electron chi connectivity index (χ3n) is 4.43. The van der Waals surface area contributed by atoms with E-state index in [1.807, 2.05) is 13.8 Å². The quantitative estimate of drug-likeness (QED) is 0.393. The summed E-state index contributed by atoms with van der Waals surface area (Å²) in [5.74, 6) is 0.0313. The Bertz CT molecular complexity index is 1150. The van der Waals surface area contributed by atoms with Crippen molar-refractivity contribution in [2.45, 2.75) is 26.4 Å². The molecule has 3 aromatic rings. The smallest absolute Gasteiger partial charge is 0.276 e. The van der Waals surface area contributed by atoms with Gasteiger partial charge in [-0.3, -0.25) is 19.7 Å². The van der Waals surface area contributed by atoms with Gasteiger partial charge in [-0.05, 0) is 38.1 Å². The van der Waals surface area contributed by atoms with Crippen molar-refractivity contribution < 1.29 is 9.72 Å². The van der Waals surface area contributed by atoms with Gasteiger partial charge in [0.05, 0.1) is 27.9 Å². The second kappa shape index (κ2) is 8.47.